The summed E-state index contributed by atoms with van der Waals surface area (Å²) in [6, 6.07) is 5.12. The highest BCUT2D eigenvalue weighted by atomic mass is 19.4. The predicted octanol–water partition coefficient (Wildman–Crippen LogP) is 3.26. The molecule has 26 heavy (non-hydrogen) atoms. The van der Waals surface area contributed by atoms with Gasteiger partial charge in [0.1, 0.15) is 18.0 Å². The van der Waals surface area contributed by atoms with Crippen molar-refractivity contribution in [3.05, 3.63) is 47.5 Å². The van der Waals surface area contributed by atoms with Gasteiger partial charge in [-0.1, -0.05) is 0 Å². The van der Waals surface area contributed by atoms with Crippen LogP contribution in [0.25, 0.3) is 0 Å². The Morgan fingerprint density at radius 2 is 2.00 bits per heavy atom. The summed E-state index contributed by atoms with van der Waals surface area (Å²) in [5.41, 5.74) is -0.300. The number of piperidine rings is 1. The Morgan fingerprint density at radius 3 is 2.54 bits per heavy atom. The van der Waals surface area contributed by atoms with E-state index in [2.05, 4.69) is 4.98 Å². The predicted molar refractivity (Wildman–Crippen MR) is 89.3 cm³/mol. The van der Waals surface area contributed by atoms with Gasteiger partial charge in [0.25, 0.3) is 0 Å². The molecule has 8 heteroatoms. The first-order valence-electron chi connectivity index (χ1n) is 8.33. The van der Waals surface area contributed by atoms with Gasteiger partial charge in [0.2, 0.25) is 0 Å². The number of halogens is 3. The van der Waals surface area contributed by atoms with Crippen LogP contribution in [0.5, 0.6) is 0 Å². The topological polar surface area (TPSA) is 65.1 Å². The van der Waals surface area contributed by atoms with E-state index in [0.29, 0.717) is 37.4 Å². The molecular formula is C18H19F3N4O. The van der Waals surface area contributed by atoms with Crippen LogP contribution in [-0.2, 0) is 13.2 Å². The maximum absolute atomic E-state index is 12.8. The highest BCUT2D eigenvalue weighted by Crippen LogP contribution is 2.35. The van der Waals surface area contributed by atoms with Crippen molar-refractivity contribution in [3.8, 4) is 6.07 Å². The van der Waals surface area contributed by atoms with Gasteiger partial charge < -0.3 is 14.6 Å². The normalized spacial score (nSPS) is 17.2. The molecule has 1 N–H and O–H groups in total. The first-order valence-corrected chi connectivity index (χ1v) is 8.33. The Kier molecular flexibility index (Phi) is 4.92. The molecule has 1 aliphatic rings. The zero-order valence-electron chi connectivity index (χ0n) is 14.2. The minimum atomic E-state index is -4.47. The van der Waals surface area contributed by atoms with Crippen molar-refractivity contribution >= 4 is 5.69 Å². The lowest BCUT2D eigenvalue weighted by molar-refractivity contribution is -0.137. The van der Waals surface area contributed by atoms with Crippen LogP contribution in [0.1, 0.15) is 35.9 Å². The Balaban J connectivity index is 1.72. The summed E-state index contributed by atoms with van der Waals surface area (Å²) in [7, 11) is 1.82. The highest BCUT2D eigenvalue weighted by molar-refractivity contribution is 5.61. The molecule has 1 fully saturated rings. The molecule has 138 valence electrons. The van der Waals surface area contributed by atoms with Crippen LogP contribution in [0.15, 0.2) is 30.6 Å². The SMILES string of the molecule is Cn1ccnc1C(O)C1CCN(c2ccc(C(F)(F)F)cc2C#N)CC1. The number of alkyl halides is 3. The Bertz CT molecular complexity index is 817. The van der Waals surface area contributed by atoms with Gasteiger partial charge in [-0.15, -0.1) is 0 Å². The summed E-state index contributed by atoms with van der Waals surface area (Å²) in [6.45, 7) is 1.12. The van der Waals surface area contributed by atoms with Gasteiger partial charge in [-0.2, -0.15) is 18.4 Å². The summed E-state index contributed by atoms with van der Waals surface area (Å²) in [5.74, 6) is 0.628. The molecule has 0 amide bonds. The zero-order chi connectivity index (χ0) is 18.9. The van der Waals surface area contributed by atoms with E-state index in [1.807, 2.05) is 18.0 Å². The molecule has 5 nitrogen and oxygen atoms in total. The number of imidazole rings is 1. The molecule has 1 aromatic carbocycles. The lowest BCUT2D eigenvalue weighted by Crippen LogP contribution is -2.36. The average molecular weight is 364 g/mol. The number of aryl methyl sites for hydroxylation is 1. The fourth-order valence-electron chi connectivity index (χ4n) is 3.41. The molecule has 0 saturated carbocycles. The number of aliphatic hydroxyl groups excluding tert-OH is 1. The third kappa shape index (κ3) is 3.53. The van der Waals surface area contributed by atoms with E-state index >= 15 is 0 Å². The van der Waals surface area contributed by atoms with Crippen molar-refractivity contribution in [1.82, 2.24) is 9.55 Å². The van der Waals surface area contributed by atoms with E-state index in [4.69, 9.17) is 0 Å². The van der Waals surface area contributed by atoms with E-state index in [1.54, 1.807) is 17.0 Å². The van der Waals surface area contributed by atoms with E-state index in [1.165, 1.54) is 6.07 Å². The molecule has 0 aliphatic carbocycles. The lowest BCUT2D eigenvalue weighted by Gasteiger charge is -2.35. The number of nitrogens with zero attached hydrogens (tertiary/aromatic N) is 4. The van der Waals surface area contributed by atoms with E-state index in [-0.39, 0.29) is 11.5 Å². The van der Waals surface area contributed by atoms with Gasteiger partial charge in [0, 0.05) is 32.5 Å². The fraction of sp³-hybridized carbons (Fsp3) is 0.444. The van der Waals surface area contributed by atoms with Crippen molar-refractivity contribution < 1.29 is 18.3 Å². The van der Waals surface area contributed by atoms with Crippen LogP contribution >= 0.6 is 0 Å². The molecule has 1 atom stereocenters. The molecule has 1 saturated heterocycles. The number of hydrogen-bond acceptors (Lipinski definition) is 4. The minimum Gasteiger partial charge on any atom is -0.385 e. The third-order valence-corrected chi connectivity index (χ3v) is 4.89. The monoisotopic (exact) mass is 364 g/mol. The number of nitriles is 1. The second kappa shape index (κ2) is 7.00. The molecule has 2 aromatic rings. The van der Waals surface area contributed by atoms with E-state index < -0.39 is 17.8 Å². The molecule has 0 spiro atoms. The Labute approximate surface area is 149 Å². The van der Waals surface area contributed by atoms with Crippen molar-refractivity contribution in [2.24, 2.45) is 13.0 Å². The molecule has 0 radical (unpaired) electrons. The quantitative estimate of drug-likeness (QED) is 0.908. The lowest BCUT2D eigenvalue weighted by atomic mass is 9.90. The third-order valence-electron chi connectivity index (χ3n) is 4.89. The Morgan fingerprint density at radius 1 is 1.31 bits per heavy atom. The molecule has 1 aliphatic heterocycles. The second-order valence-electron chi connectivity index (χ2n) is 6.51. The van der Waals surface area contributed by atoms with Crippen molar-refractivity contribution in [2.75, 3.05) is 18.0 Å². The van der Waals surface area contributed by atoms with Gasteiger partial charge in [0.15, 0.2) is 0 Å². The number of rotatable bonds is 3. The van der Waals surface area contributed by atoms with Gasteiger partial charge in [0.05, 0.1) is 16.8 Å². The van der Waals surface area contributed by atoms with Crippen LogP contribution < -0.4 is 4.90 Å². The molecule has 1 aromatic heterocycles. The number of benzene rings is 1. The number of anilines is 1. The Hall–Kier alpha value is -2.53. The van der Waals surface area contributed by atoms with Crippen LogP contribution in [0.4, 0.5) is 18.9 Å². The maximum Gasteiger partial charge on any atom is 0.416 e. The standard InChI is InChI=1S/C18H19F3N4O/c1-24-9-6-23-17(24)16(26)12-4-7-25(8-5-12)15-3-2-14(18(19,20)21)10-13(15)11-22/h2-3,6,9-10,12,16,26H,4-5,7-8H2,1H3. The summed E-state index contributed by atoms with van der Waals surface area (Å²) < 4.78 is 40.3. The molecule has 1 unspecified atom stereocenters. The van der Waals surface area contributed by atoms with Gasteiger partial charge >= 0.3 is 6.18 Å². The first kappa shape index (κ1) is 18.3. The van der Waals surface area contributed by atoms with E-state index in [9.17, 15) is 23.5 Å². The van der Waals surface area contributed by atoms with Gasteiger partial charge in [-0.25, -0.2) is 4.98 Å². The van der Waals surface area contributed by atoms with Crippen molar-refractivity contribution in [3.63, 3.8) is 0 Å². The summed E-state index contributed by atoms with van der Waals surface area (Å²) in [4.78, 5) is 6.08. The van der Waals surface area contributed by atoms with Crippen LogP contribution in [0, 0.1) is 17.2 Å². The van der Waals surface area contributed by atoms with E-state index in [0.717, 1.165) is 12.1 Å². The molecule has 3 rings (SSSR count). The van der Waals surface area contributed by atoms with Gasteiger partial charge in [-0.3, -0.25) is 0 Å². The zero-order valence-corrected chi connectivity index (χ0v) is 14.2. The summed E-state index contributed by atoms with van der Waals surface area (Å²) in [6.07, 6.45) is -0.409. The molecule has 2 heterocycles. The fourth-order valence-corrected chi connectivity index (χ4v) is 3.41. The number of aromatic nitrogens is 2. The maximum atomic E-state index is 12.8. The smallest absolute Gasteiger partial charge is 0.385 e. The van der Waals surface area contributed by atoms with Crippen LogP contribution in [-0.4, -0.2) is 27.7 Å². The largest absolute Gasteiger partial charge is 0.416 e. The summed E-state index contributed by atoms with van der Waals surface area (Å²) >= 11 is 0. The summed E-state index contributed by atoms with van der Waals surface area (Å²) in [5, 5.41) is 19.8. The van der Waals surface area contributed by atoms with Gasteiger partial charge in [-0.05, 0) is 37.0 Å². The second-order valence-corrected chi connectivity index (χ2v) is 6.51. The molecular weight excluding hydrogens is 345 g/mol. The minimum absolute atomic E-state index is 0.0166. The van der Waals surface area contributed by atoms with Crippen molar-refractivity contribution in [2.45, 2.75) is 25.1 Å². The highest BCUT2D eigenvalue weighted by Gasteiger charge is 2.33. The number of hydrogen-bond donors (Lipinski definition) is 1. The first-order chi connectivity index (χ1) is 12.3. The molecule has 0 bridgehead atoms. The average Bonchev–Trinajstić information content (AvgIpc) is 3.06. The number of aliphatic hydroxyl groups is 1. The van der Waals surface area contributed by atoms with Crippen molar-refractivity contribution in [1.29, 1.82) is 5.26 Å². The van der Waals surface area contributed by atoms with Crippen LogP contribution in [0.2, 0.25) is 0 Å². The van der Waals surface area contributed by atoms with Crippen LogP contribution in [0.3, 0.4) is 0 Å².